The summed E-state index contributed by atoms with van der Waals surface area (Å²) in [4.78, 5) is 17.6. The number of rotatable bonds is 5. The molecule has 0 fully saturated rings. The molecule has 0 aliphatic heterocycles. The van der Waals surface area contributed by atoms with E-state index in [-0.39, 0.29) is 24.0 Å². The van der Waals surface area contributed by atoms with Crippen LogP contribution in [0.3, 0.4) is 0 Å². The molecular weight excluding hydrogens is 411 g/mol. The zero-order chi connectivity index (χ0) is 22.1. The highest BCUT2D eigenvalue weighted by Crippen LogP contribution is 2.27. The number of fused-ring (bicyclic) bond motifs is 1. The van der Waals surface area contributed by atoms with Crippen molar-refractivity contribution in [1.29, 1.82) is 0 Å². The summed E-state index contributed by atoms with van der Waals surface area (Å²) in [6.07, 6.45) is 1.60. The van der Waals surface area contributed by atoms with Crippen molar-refractivity contribution in [3.8, 4) is 16.9 Å². The number of aromatic nitrogens is 5. The molecule has 0 atom stereocenters. The number of hydrogen-bond donors (Lipinski definition) is 1. The monoisotopic (exact) mass is 428 g/mol. The van der Waals surface area contributed by atoms with Crippen molar-refractivity contribution in [1.82, 2.24) is 30.2 Å². The first-order chi connectivity index (χ1) is 15.6. The van der Waals surface area contributed by atoms with Crippen LogP contribution in [0.25, 0.3) is 28.0 Å². The lowest BCUT2D eigenvalue weighted by Crippen LogP contribution is -2.25. The van der Waals surface area contributed by atoms with Crippen LogP contribution in [0.15, 0.2) is 71.5 Å². The molecule has 3 aromatic heterocycles. The van der Waals surface area contributed by atoms with Gasteiger partial charge < -0.3 is 9.84 Å². The number of pyridine rings is 1. The van der Waals surface area contributed by atoms with E-state index in [1.165, 1.54) is 12.1 Å². The van der Waals surface area contributed by atoms with Gasteiger partial charge in [0.1, 0.15) is 12.1 Å². The summed E-state index contributed by atoms with van der Waals surface area (Å²) in [5, 5.41) is 15.4. The molecule has 0 radical (unpaired) electrons. The fraction of sp³-hybridized carbons (Fsp3) is 0.0870. The van der Waals surface area contributed by atoms with Gasteiger partial charge in [0.25, 0.3) is 11.6 Å². The van der Waals surface area contributed by atoms with Gasteiger partial charge in [0.05, 0.1) is 28.9 Å². The van der Waals surface area contributed by atoms with E-state index >= 15 is 0 Å². The Morgan fingerprint density at radius 2 is 1.91 bits per heavy atom. The van der Waals surface area contributed by atoms with Crippen molar-refractivity contribution in [2.45, 2.75) is 13.5 Å². The molecule has 0 unspecified atom stereocenters. The third-order valence-corrected chi connectivity index (χ3v) is 5.06. The van der Waals surface area contributed by atoms with Crippen LogP contribution in [0.1, 0.15) is 21.9 Å². The van der Waals surface area contributed by atoms with Gasteiger partial charge >= 0.3 is 0 Å². The van der Waals surface area contributed by atoms with Crippen molar-refractivity contribution in [2.24, 2.45) is 0 Å². The summed E-state index contributed by atoms with van der Waals surface area (Å²) >= 11 is 0. The normalized spacial score (nSPS) is 11.1. The number of nitrogens with one attached hydrogen (secondary N) is 1. The van der Waals surface area contributed by atoms with Crippen LogP contribution >= 0.6 is 0 Å². The van der Waals surface area contributed by atoms with Gasteiger partial charge in [-0.25, -0.2) is 9.37 Å². The molecular formula is C23H17FN6O2. The minimum absolute atomic E-state index is 0.160. The number of para-hydroxylation sites is 1. The van der Waals surface area contributed by atoms with E-state index in [0.29, 0.717) is 33.7 Å². The molecule has 158 valence electrons. The number of amides is 1. The molecule has 0 spiro atoms. The van der Waals surface area contributed by atoms with Crippen LogP contribution in [0.5, 0.6) is 0 Å². The molecule has 2 aromatic carbocycles. The zero-order valence-corrected chi connectivity index (χ0v) is 17.0. The molecule has 5 rings (SSSR count). The maximum atomic E-state index is 13.3. The SMILES string of the molecule is Cc1noc2nc(-c3ccc(F)cc3)cc(C(=O)NCc3nncn3-c3ccccc3)c12. The minimum atomic E-state index is -0.356. The second kappa shape index (κ2) is 8.03. The van der Waals surface area contributed by atoms with E-state index in [1.807, 2.05) is 30.3 Å². The molecule has 8 nitrogen and oxygen atoms in total. The van der Waals surface area contributed by atoms with E-state index in [1.54, 1.807) is 36.0 Å². The quantitative estimate of drug-likeness (QED) is 0.457. The topological polar surface area (TPSA) is 98.7 Å². The second-order valence-corrected chi connectivity index (χ2v) is 7.15. The lowest BCUT2D eigenvalue weighted by molar-refractivity contribution is 0.0951. The first-order valence-corrected chi connectivity index (χ1v) is 9.85. The second-order valence-electron chi connectivity index (χ2n) is 7.15. The number of aryl methyl sites for hydroxylation is 1. The van der Waals surface area contributed by atoms with E-state index in [9.17, 15) is 9.18 Å². The van der Waals surface area contributed by atoms with Gasteiger partial charge in [-0.2, -0.15) is 0 Å². The Bertz CT molecular complexity index is 1410. The Morgan fingerprint density at radius 3 is 2.69 bits per heavy atom. The van der Waals surface area contributed by atoms with E-state index in [2.05, 4.69) is 25.7 Å². The van der Waals surface area contributed by atoms with E-state index < -0.39 is 0 Å². The maximum absolute atomic E-state index is 13.3. The number of hydrogen-bond acceptors (Lipinski definition) is 6. The van der Waals surface area contributed by atoms with Crippen LogP contribution in [0.4, 0.5) is 4.39 Å². The van der Waals surface area contributed by atoms with Gasteiger partial charge in [0.2, 0.25) is 0 Å². The zero-order valence-electron chi connectivity index (χ0n) is 17.0. The third-order valence-electron chi connectivity index (χ3n) is 5.06. The highest BCUT2D eigenvalue weighted by Gasteiger charge is 2.20. The van der Waals surface area contributed by atoms with Gasteiger partial charge in [-0.1, -0.05) is 23.4 Å². The van der Waals surface area contributed by atoms with Crippen molar-refractivity contribution in [3.63, 3.8) is 0 Å². The molecule has 1 N–H and O–H groups in total. The van der Waals surface area contributed by atoms with Crippen LogP contribution in [-0.2, 0) is 6.54 Å². The van der Waals surface area contributed by atoms with Crippen molar-refractivity contribution < 1.29 is 13.7 Å². The van der Waals surface area contributed by atoms with Gasteiger partial charge in [-0.05, 0) is 49.4 Å². The summed E-state index contributed by atoms with van der Waals surface area (Å²) in [6, 6.07) is 17.1. The van der Waals surface area contributed by atoms with E-state index in [0.717, 1.165) is 5.69 Å². The van der Waals surface area contributed by atoms with Gasteiger partial charge in [-0.15, -0.1) is 10.2 Å². The summed E-state index contributed by atoms with van der Waals surface area (Å²) in [7, 11) is 0. The summed E-state index contributed by atoms with van der Waals surface area (Å²) in [5.74, 6) is -0.115. The number of carbonyl (C=O) groups is 1. The number of halogens is 1. The lowest BCUT2D eigenvalue weighted by Gasteiger charge is -2.09. The third kappa shape index (κ3) is 3.60. The Kier molecular flexibility index (Phi) is 4.91. The molecule has 0 aliphatic rings. The largest absolute Gasteiger partial charge is 0.345 e. The number of carbonyl (C=O) groups excluding carboxylic acids is 1. The molecule has 3 heterocycles. The van der Waals surface area contributed by atoms with Crippen LogP contribution < -0.4 is 5.32 Å². The highest BCUT2D eigenvalue weighted by atomic mass is 19.1. The summed E-state index contributed by atoms with van der Waals surface area (Å²) in [6.45, 7) is 1.90. The highest BCUT2D eigenvalue weighted by molar-refractivity contribution is 6.06. The fourth-order valence-corrected chi connectivity index (χ4v) is 3.48. The number of nitrogens with zero attached hydrogens (tertiary/aromatic N) is 5. The smallest absolute Gasteiger partial charge is 0.259 e. The molecule has 0 saturated heterocycles. The van der Waals surface area contributed by atoms with Crippen LogP contribution in [-0.4, -0.2) is 30.8 Å². The fourth-order valence-electron chi connectivity index (χ4n) is 3.48. The molecule has 0 aliphatic carbocycles. The number of benzene rings is 2. The predicted octanol–water partition coefficient (Wildman–Crippen LogP) is 3.85. The van der Waals surface area contributed by atoms with Gasteiger partial charge in [0, 0.05) is 11.3 Å². The first-order valence-electron chi connectivity index (χ1n) is 9.85. The average molecular weight is 428 g/mol. The molecule has 5 aromatic rings. The Labute approximate surface area is 181 Å². The standard InChI is InChI=1S/C23H17FN6O2/c1-14-21-18(11-19(27-23(21)32-29-14)15-7-9-16(24)10-8-15)22(31)25-12-20-28-26-13-30(20)17-5-3-2-4-6-17/h2-11,13H,12H2,1H3,(H,25,31). The predicted molar refractivity (Wildman–Crippen MR) is 114 cm³/mol. The molecule has 32 heavy (non-hydrogen) atoms. The Balaban J connectivity index is 1.47. The minimum Gasteiger partial charge on any atom is -0.345 e. The van der Waals surface area contributed by atoms with Crippen LogP contribution in [0.2, 0.25) is 0 Å². The Hall–Kier alpha value is -4.40. The molecule has 1 amide bonds. The average Bonchev–Trinajstić information content (AvgIpc) is 3.45. The lowest BCUT2D eigenvalue weighted by atomic mass is 10.1. The van der Waals surface area contributed by atoms with Crippen LogP contribution in [0, 0.1) is 12.7 Å². The maximum Gasteiger partial charge on any atom is 0.259 e. The molecule has 0 saturated carbocycles. The van der Waals surface area contributed by atoms with Crippen molar-refractivity contribution >= 4 is 17.0 Å². The molecule has 0 bridgehead atoms. The molecule has 9 heteroatoms. The summed E-state index contributed by atoms with van der Waals surface area (Å²) in [5.41, 5.74) is 3.17. The van der Waals surface area contributed by atoms with Crippen molar-refractivity contribution in [2.75, 3.05) is 0 Å². The summed E-state index contributed by atoms with van der Waals surface area (Å²) < 4.78 is 20.4. The van der Waals surface area contributed by atoms with Gasteiger partial charge in [0.15, 0.2) is 5.82 Å². The van der Waals surface area contributed by atoms with Crippen molar-refractivity contribution in [3.05, 3.63) is 89.9 Å². The first kappa shape index (κ1) is 19.6. The Morgan fingerprint density at radius 1 is 1.12 bits per heavy atom. The van der Waals surface area contributed by atoms with E-state index in [4.69, 9.17) is 4.52 Å². The van der Waals surface area contributed by atoms with Gasteiger partial charge in [-0.3, -0.25) is 9.36 Å².